The highest BCUT2D eigenvalue weighted by atomic mass is 16.2. The number of hydrogen-bond acceptors (Lipinski definition) is 3. The van der Waals surface area contributed by atoms with E-state index in [0.717, 1.165) is 37.6 Å². The highest BCUT2D eigenvalue weighted by Gasteiger charge is 2.28. The van der Waals surface area contributed by atoms with Crippen LogP contribution in [0.3, 0.4) is 0 Å². The standard InChI is InChI=1S/C17H21N3O2/c1-3-13-8-4-5-10-20(13)17(22)14-11-12-7-6-9-18-15(12)19(2)16(14)21/h6-7,9,11,13H,3-5,8,10H2,1-2H3/t13-/m0/s1. The van der Waals surface area contributed by atoms with Gasteiger partial charge in [0.2, 0.25) is 0 Å². The zero-order valence-electron chi connectivity index (χ0n) is 13.1. The fourth-order valence-electron chi connectivity index (χ4n) is 3.30. The molecule has 1 amide bonds. The van der Waals surface area contributed by atoms with Gasteiger partial charge in [0.15, 0.2) is 0 Å². The van der Waals surface area contributed by atoms with E-state index >= 15 is 0 Å². The third-order valence-electron chi connectivity index (χ3n) is 4.56. The van der Waals surface area contributed by atoms with Gasteiger partial charge >= 0.3 is 0 Å². The Morgan fingerprint density at radius 2 is 2.23 bits per heavy atom. The minimum absolute atomic E-state index is 0.141. The number of amides is 1. The number of likely N-dealkylation sites (tertiary alicyclic amines) is 1. The molecule has 0 radical (unpaired) electrons. The van der Waals surface area contributed by atoms with Crippen molar-refractivity contribution in [1.29, 1.82) is 0 Å². The minimum Gasteiger partial charge on any atom is -0.336 e. The summed E-state index contributed by atoms with van der Waals surface area (Å²) < 4.78 is 1.47. The van der Waals surface area contributed by atoms with Crippen molar-refractivity contribution in [3.8, 4) is 0 Å². The highest BCUT2D eigenvalue weighted by molar-refractivity contribution is 5.97. The van der Waals surface area contributed by atoms with Gasteiger partial charge in [-0.2, -0.15) is 0 Å². The lowest BCUT2D eigenvalue weighted by Gasteiger charge is -2.35. The van der Waals surface area contributed by atoms with E-state index in [9.17, 15) is 9.59 Å². The third kappa shape index (κ3) is 2.40. The fraction of sp³-hybridized carbons (Fsp3) is 0.471. The van der Waals surface area contributed by atoms with Crippen LogP contribution in [0, 0.1) is 0 Å². The predicted octanol–water partition coefficient (Wildman–Crippen LogP) is 2.34. The van der Waals surface area contributed by atoms with Crippen LogP contribution in [0.2, 0.25) is 0 Å². The molecule has 0 saturated carbocycles. The molecule has 2 aromatic rings. The van der Waals surface area contributed by atoms with Crippen molar-refractivity contribution in [1.82, 2.24) is 14.5 Å². The van der Waals surface area contributed by atoms with Crippen molar-refractivity contribution >= 4 is 16.9 Å². The van der Waals surface area contributed by atoms with Crippen LogP contribution >= 0.6 is 0 Å². The maximum atomic E-state index is 12.9. The van der Waals surface area contributed by atoms with Crippen LogP contribution in [0.15, 0.2) is 29.2 Å². The van der Waals surface area contributed by atoms with E-state index in [2.05, 4.69) is 11.9 Å². The summed E-state index contributed by atoms with van der Waals surface area (Å²) in [5.74, 6) is -0.141. The topological polar surface area (TPSA) is 55.2 Å². The van der Waals surface area contributed by atoms with Crippen LogP contribution in [0.5, 0.6) is 0 Å². The molecule has 1 aliphatic rings. The Hall–Kier alpha value is -2.17. The predicted molar refractivity (Wildman–Crippen MR) is 86.0 cm³/mol. The maximum Gasteiger partial charge on any atom is 0.264 e. The molecular formula is C17H21N3O2. The zero-order valence-corrected chi connectivity index (χ0v) is 13.1. The first-order valence-electron chi connectivity index (χ1n) is 7.89. The molecule has 1 atom stereocenters. The summed E-state index contributed by atoms with van der Waals surface area (Å²) in [4.78, 5) is 31.5. The number of aromatic nitrogens is 2. The maximum absolute atomic E-state index is 12.9. The Morgan fingerprint density at radius 1 is 1.41 bits per heavy atom. The van der Waals surface area contributed by atoms with Crippen molar-refractivity contribution in [3.63, 3.8) is 0 Å². The lowest BCUT2D eigenvalue weighted by Crippen LogP contribution is -2.45. The van der Waals surface area contributed by atoms with E-state index in [1.807, 2.05) is 17.0 Å². The molecule has 2 aromatic heterocycles. The molecule has 116 valence electrons. The Bertz CT molecular complexity index is 766. The van der Waals surface area contributed by atoms with Gasteiger partial charge in [0.1, 0.15) is 11.2 Å². The highest BCUT2D eigenvalue weighted by Crippen LogP contribution is 2.21. The number of rotatable bonds is 2. The van der Waals surface area contributed by atoms with Crippen molar-refractivity contribution in [2.75, 3.05) is 6.54 Å². The average molecular weight is 299 g/mol. The average Bonchev–Trinajstić information content (AvgIpc) is 2.57. The molecule has 0 unspecified atom stereocenters. The molecule has 5 heteroatoms. The first-order chi connectivity index (χ1) is 10.6. The van der Waals surface area contributed by atoms with Crippen molar-refractivity contribution in [2.24, 2.45) is 7.05 Å². The summed E-state index contributed by atoms with van der Waals surface area (Å²) in [7, 11) is 1.67. The minimum atomic E-state index is -0.267. The van der Waals surface area contributed by atoms with Gasteiger partial charge in [-0.3, -0.25) is 14.2 Å². The smallest absolute Gasteiger partial charge is 0.264 e. The molecule has 0 N–H and O–H groups in total. The van der Waals surface area contributed by atoms with Crippen LogP contribution in [0.25, 0.3) is 11.0 Å². The third-order valence-corrected chi connectivity index (χ3v) is 4.56. The molecule has 5 nitrogen and oxygen atoms in total. The normalized spacial score (nSPS) is 18.6. The van der Waals surface area contributed by atoms with Gasteiger partial charge in [-0.05, 0) is 43.9 Å². The molecule has 1 saturated heterocycles. The molecular weight excluding hydrogens is 278 g/mol. The van der Waals surface area contributed by atoms with Gasteiger partial charge in [-0.15, -0.1) is 0 Å². The SMILES string of the molecule is CC[C@H]1CCCCN1C(=O)c1cc2cccnc2n(C)c1=O. The van der Waals surface area contributed by atoms with Crippen LogP contribution in [-0.4, -0.2) is 32.9 Å². The van der Waals surface area contributed by atoms with Gasteiger partial charge in [-0.1, -0.05) is 6.92 Å². The van der Waals surface area contributed by atoms with E-state index in [1.54, 1.807) is 19.3 Å². The Balaban J connectivity index is 2.07. The summed E-state index contributed by atoms with van der Waals surface area (Å²) >= 11 is 0. The van der Waals surface area contributed by atoms with Crippen LogP contribution in [0.1, 0.15) is 43.0 Å². The Kier molecular flexibility index (Phi) is 3.96. The molecule has 0 spiro atoms. The van der Waals surface area contributed by atoms with Crippen LogP contribution < -0.4 is 5.56 Å². The fourth-order valence-corrected chi connectivity index (χ4v) is 3.30. The largest absolute Gasteiger partial charge is 0.336 e. The summed E-state index contributed by atoms with van der Waals surface area (Å²) in [6, 6.07) is 5.63. The summed E-state index contributed by atoms with van der Waals surface area (Å²) in [5.41, 5.74) is 0.592. The van der Waals surface area contributed by atoms with E-state index in [1.165, 1.54) is 4.57 Å². The van der Waals surface area contributed by atoms with Gasteiger partial charge in [0.25, 0.3) is 11.5 Å². The second-order valence-electron chi connectivity index (χ2n) is 5.89. The van der Waals surface area contributed by atoms with E-state index in [-0.39, 0.29) is 23.1 Å². The van der Waals surface area contributed by atoms with E-state index in [0.29, 0.717) is 5.65 Å². The lowest BCUT2D eigenvalue weighted by atomic mass is 9.99. The molecule has 0 bridgehead atoms. The molecule has 0 aliphatic carbocycles. The Morgan fingerprint density at radius 3 is 3.00 bits per heavy atom. The van der Waals surface area contributed by atoms with Crippen molar-refractivity contribution < 1.29 is 4.79 Å². The number of hydrogen-bond donors (Lipinski definition) is 0. The monoisotopic (exact) mass is 299 g/mol. The number of pyridine rings is 2. The van der Waals surface area contributed by atoms with Crippen LogP contribution in [-0.2, 0) is 7.05 Å². The molecule has 3 heterocycles. The number of aryl methyl sites for hydroxylation is 1. The van der Waals surface area contributed by atoms with Gasteiger partial charge in [-0.25, -0.2) is 4.98 Å². The molecule has 1 aliphatic heterocycles. The Labute approximate surface area is 129 Å². The number of nitrogens with zero attached hydrogens (tertiary/aromatic N) is 3. The number of fused-ring (bicyclic) bond motifs is 1. The zero-order chi connectivity index (χ0) is 15.7. The number of carbonyl (C=O) groups excluding carboxylic acids is 1. The van der Waals surface area contributed by atoms with Crippen molar-refractivity contribution in [3.05, 3.63) is 40.3 Å². The van der Waals surface area contributed by atoms with E-state index < -0.39 is 0 Å². The first kappa shape index (κ1) is 14.8. The van der Waals surface area contributed by atoms with Gasteiger partial charge in [0, 0.05) is 31.2 Å². The molecule has 22 heavy (non-hydrogen) atoms. The van der Waals surface area contributed by atoms with Gasteiger partial charge < -0.3 is 4.90 Å². The lowest BCUT2D eigenvalue weighted by molar-refractivity contribution is 0.0606. The summed E-state index contributed by atoms with van der Waals surface area (Å²) in [6.45, 7) is 2.84. The summed E-state index contributed by atoms with van der Waals surface area (Å²) in [6.07, 6.45) is 5.78. The molecule has 0 aromatic carbocycles. The molecule has 3 rings (SSSR count). The number of carbonyl (C=O) groups is 1. The second kappa shape index (κ2) is 5.91. The summed E-state index contributed by atoms with van der Waals surface area (Å²) in [5, 5.41) is 0.818. The van der Waals surface area contributed by atoms with Gasteiger partial charge in [0.05, 0.1) is 0 Å². The van der Waals surface area contributed by atoms with E-state index in [4.69, 9.17) is 0 Å². The quantitative estimate of drug-likeness (QED) is 0.855. The number of piperidine rings is 1. The molecule has 1 fully saturated rings. The first-order valence-corrected chi connectivity index (χ1v) is 7.89. The second-order valence-corrected chi connectivity index (χ2v) is 5.89. The van der Waals surface area contributed by atoms with Crippen LogP contribution in [0.4, 0.5) is 0 Å². The van der Waals surface area contributed by atoms with Crippen molar-refractivity contribution in [2.45, 2.75) is 38.6 Å².